The molecule has 2 fully saturated rings. The van der Waals surface area contributed by atoms with Gasteiger partial charge in [0.1, 0.15) is 5.75 Å². The van der Waals surface area contributed by atoms with Gasteiger partial charge in [0.15, 0.2) is 0 Å². The van der Waals surface area contributed by atoms with E-state index in [2.05, 4.69) is 52.1 Å². The van der Waals surface area contributed by atoms with E-state index in [1.54, 1.807) is 18.2 Å². The first-order chi connectivity index (χ1) is 13.3. The van der Waals surface area contributed by atoms with Gasteiger partial charge >= 0.3 is 0 Å². The molecular formula is C24H28N2O. The number of hydrogen-bond donors (Lipinski definition) is 0. The zero-order chi connectivity index (χ0) is 18.2. The van der Waals surface area contributed by atoms with E-state index < -0.39 is 0 Å². The van der Waals surface area contributed by atoms with Crippen LogP contribution in [0.25, 0.3) is 5.52 Å². The Labute approximate surface area is 161 Å². The second kappa shape index (κ2) is 7.03. The van der Waals surface area contributed by atoms with Gasteiger partial charge in [-0.05, 0) is 91.5 Å². The Balaban J connectivity index is 1.33. The Morgan fingerprint density at radius 1 is 0.963 bits per heavy atom. The van der Waals surface area contributed by atoms with Gasteiger partial charge in [0.2, 0.25) is 0 Å². The van der Waals surface area contributed by atoms with Gasteiger partial charge < -0.3 is 9.14 Å². The molecule has 2 aromatic heterocycles. The molecule has 3 aromatic rings. The second-order valence-electron chi connectivity index (χ2n) is 8.37. The van der Waals surface area contributed by atoms with E-state index in [1.165, 1.54) is 56.0 Å². The highest BCUT2D eigenvalue weighted by Gasteiger charge is 2.30. The van der Waals surface area contributed by atoms with Gasteiger partial charge in [-0.2, -0.15) is 0 Å². The fraction of sp³-hybridized carbons (Fsp3) is 0.458. The molecule has 2 saturated carbocycles. The zero-order valence-corrected chi connectivity index (χ0v) is 16.1. The van der Waals surface area contributed by atoms with Crippen LogP contribution in [0.4, 0.5) is 0 Å². The first-order valence-electron chi connectivity index (χ1n) is 10.4. The maximum Gasteiger partial charge on any atom is 0.122 e. The predicted octanol–water partition coefficient (Wildman–Crippen LogP) is 5.74. The lowest BCUT2D eigenvalue weighted by molar-refractivity contribution is 0.316. The summed E-state index contributed by atoms with van der Waals surface area (Å²) in [6, 6.07) is 10.9. The van der Waals surface area contributed by atoms with Crippen molar-refractivity contribution in [3.63, 3.8) is 0 Å². The standard InChI is InChI=1S/C24H28N2O/c1-27-24-5-3-2-4-21(24)19-8-6-17(7-9-19)14-22-20(18-10-11-18)12-13-26-16-25-15-23(22)26/h2-5,12-13,15-19H,6-11,14H2,1H3. The smallest absolute Gasteiger partial charge is 0.122 e. The number of rotatable bonds is 5. The van der Waals surface area contributed by atoms with Gasteiger partial charge in [-0.3, -0.25) is 0 Å². The number of imidazole rings is 1. The summed E-state index contributed by atoms with van der Waals surface area (Å²) in [4.78, 5) is 4.40. The predicted molar refractivity (Wildman–Crippen MR) is 109 cm³/mol. The van der Waals surface area contributed by atoms with Crippen LogP contribution in [0.5, 0.6) is 5.75 Å². The lowest BCUT2D eigenvalue weighted by Crippen LogP contribution is -2.17. The summed E-state index contributed by atoms with van der Waals surface area (Å²) >= 11 is 0. The van der Waals surface area contributed by atoms with Crippen LogP contribution >= 0.6 is 0 Å². The lowest BCUT2D eigenvalue weighted by atomic mass is 9.76. The van der Waals surface area contributed by atoms with Crippen LogP contribution in [-0.2, 0) is 6.42 Å². The van der Waals surface area contributed by atoms with Crippen molar-refractivity contribution in [2.75, 3.05) is 7.11 Å². The van der Waals surface area contributed by atoms with E-state index in [0.29, 0.717) is 5.92 Å². The van der Waals surface area contributed by atoms with Crippen molar-refractivity contribution in [2.24, 2.45) is 5.92 Å². The molecule has 3 heteroatoms. The summed E-state index contributed by atoms with van der Waals surface area (Å²) in [5, 5.41) is 0. The van der Waals surface area contributed by atoms with Crippen molar-refractivity contribution in [3.05, 3.63) is 65.7 Å². The number of fused-ring (bicyclic) bond motifs is 1. The highest BCUT2D eigenvalue weighted by molar-refractivity contribution is 5.58. The molecule has 0 N–H and O–H groups in total. The SMILES string of the molecule is COc1ccccc1C1CCC(Cc2c(C3CC3)ccn3cncc23)CC1. The largest absolute Gasteiger partial charge is 0.496 e. The summed E-state index contributed by atoms with van der Waals surface area (Å²) in [5.74, 6) is 3.28. The molecule has 0 amide bonds. The average Bonchev–Trinajstić information content (AvgIpc) is 3.45. The Hall–Kier alpha value is -2.29. The number of hydrogen-bond acceptors (Lipinski definition) is 2. The highest BCUT2D eigenvalue weighted by atomic mass is 16.5. The third-order valence-corrected chi connectivity index (χ3v) is 6.67. The number of ether oxygens (including phenoxy) is 1. The molecule has 0 saturated heterocycles. The van der Waals surface area contributed by atoms with Crippen molar-refractivity contribution < 1.29 is 4.74 Å². The number of methoxy groups -OCH3 is 1. The Morgan fingerprint density at radius 2 is 1.70 bits per heavy atom. The van der Waals surface area contributed by atoms with Gasteiger partial charge in [-0.15, -0.1) is 0 Å². The molecule has 0 spiro atoms. The summed E-state index contributed by atoms with van der Waals surface area (Å²) in [5.41, 5.74) is 5.88. The quantitative estimate of drug-likeness (QED) is 0.580. The molecule has 1 aromatic carbocycles. The van der Waals surface area contributed by atoms with Crippen LogP contribution in [0, 0.1) is 5.92 Å². The van der Waals surface area contributed by atoms with Crippen LogP contribution in [0.1, 0.15) is 67.1 Å². The first-order valence-corrected chi connectivity index (χ1v) is 10.4. The molecule has 0 radical (unpaired) electrons. The molecule has 27 heavy (non-hydrogen) atoms. The molecule has 0 atom stereocenters. The van der Waals surface area contributed by atoms with E-state index in [9.17, 15) is 0 Å². The average molecular weight is 361 g/mol. The molecule has 2 aliphatic rings. The van der Waals surface area contributed by atoms with Gasteiger partial charge in [-0.25, -0.2) is 4.98 Å². The minimum atomic E-state index is 0.645. The van der Waals surface area contributed by atoms with Gasteiger partial charge in [-0.1, -0.05) is 18.2 Å². The van der Waals surface area contributed by atoms with Crippen molar-refractivity contribution in [1.29, 1.82) is 0 Å². The minimum absolute atomic E-state index is 0.645. The first kappa shape index (κ1) is 16.9. The second-order valence-corrected chi connectivity index (χ2v) is 8.37. The molecule has 2 aliphatic carbocycles. The normalized spacial score (nSPS) is 22.9. The molecule has 3 nitrogen and oxygen atoms in total. The maximum atomic E-state index is 5.60. The van der Waals surface area contributed by atoms with Crippen molar-refractivity contribution >= 4 is 5.52 Å². The Kier molecular flexibility index (Phi) is 4.39. The molecule has 2 heterocycles. The fourth-order valence-corrected chi connectivity index (χ4v) is 5.04. The molecule has 0 unspecified atom stereocenters. The van der Waals surface area contributed by atoms with Crippen molar-refractivity contribution in [3.8, 4) is 5.75 Å². The van der Waals surface area contributed by atoms with Crippen molar-refractivity contribution in [2.45, 2.75) is 56.8 Å². The van der Waals surface area contributed by atoms with E-state index in [1.807, 2.05) is 6.33 Å². The van der Waals surface area contributed by atoms with Crippen molar-refractivity contribution in [1.82, 2.24) is 9.38 Å². The maximum absolute atomic E-state index is 5.60. The fourth-order valence-electron chi connectivity index (χ4n) is 5.04. The van der Waals surface area contributed by atoms with Gasteiger partial charge in [0.25, 0.3) is 0 Å². The topological polar surface area (TPSA) is 26.5 Å². The molecule has 0 aliphatic heterocycles. The van der Waals surface area contributed by atoms with E-state index in [-0.39, 0.29) is 0 Å². The van der Waals surface area contributed by atoms with E-state index in [0.717, 1.165) is 17.6 Å². The third-order valence-electron chi connectivity index (χ3n) is 6.67. The summed E-state index contributed by atoms with van der Waals surface area (Å²) in [6.07, 6.45) is 15.3. The number of pyridine rings is 1. The van der Waals surface area contributed by atoms with E-state index >= 15 is 0 Å². The lowest BCUT2D eigenvalue weighted by Gasteiger charge is -2.30. The third kappa shape index (κ3) is 3.24. The van der Waals surface area contributed by atoms with Crippen LogP contribution in [0.2, 0.25) is 0 Å². The Morgan fingerprint density at radius 3 is 2.48 bits per heavy atom. The van der Waals surface area contributed by atoms with Crippen LogP contribution in [0.3, 0.4) is 0 Å². The number of nitrogens with zero attached hydrogens (tertiary/aromatic N) is 2. The van der Waals surface area contributed by atoms with Crippen LogP contribution in [0.15, 0.2) is 49.1 Å². The summed E-state index contributed by atoms with van der Waals surface area (Å²) < 4.78 is 7.80. The zero-order valence-electron chi connectivity index (χ0n) is 16.1. The van der Waals surface area contributed by atoms with Crippen LogP contribution < -0.4 is 4.74 Å². The molecular weight excluding hydrogens is 332 g/mol. The molecule has 140 valence electrons. The van der Waals surface area contributed by atoms with Gasteiger partial charge in [0.05, 0.1) is 25.2 Å². The Bertz CT molecular complexity index is 932. The monoisotopic (exact) mass is 360 g/mol. The highest BCUT2D eigenvalue weighted by Crippen LogP contribution is 2.45. The minimum Gasteiger partial charge on any atom is -0.496 e. The van der Waals surface area contributed by atoms with Crippen LogP contribution in [-0.4, -0.2) is 16.5 Å². The summed E-state index contributed by atoms with van der Waals surface area (Å²) in [7, 11) is 1.79. The van der Waals surface area contributed by atoms with E-state index in [4.69, 9.17) is 4.74 Å². The number of para-hydroxylation sites is 1. The summed E-state index contributed by atoms with van der Waals surface area (Å²) in [6.45, 7) is 0. The number of benzene rings is 1. The van der Waals surface area contributed by atoms with Gasteiger partial charge in [0, 0.05) is 6.20 Å². The number of aromatic nitrogens is 2. The molecule has 0 bridgehead atoms. The molecule has 5 rings (SSSR count).